The predicted molar refractivity (Wildman–Crippen MR) is 85.1 cm³/mol. The van der Waals surface area contributed by atoms with Crippen molar-refractivity contribution in [2.45, 2.75) is 31.5 Å². The second-order valence-electron chi connectivity index (χ2n) is 5.48. The molecule has 1 atom stereocenters. The molecule has 0 aliphatic carbocycles. The van der Waals surface area contributed by atoms with Crippen LogP contribution < -0.4 is 159 Å². The molecule has 0 aromatic carbocycles. The fourth-order valence-corrected chi connectivity index (χ4v) is 3.51. The Balaban J connectivity index is -0.000000441. The Bertz CT molecular complexity index is 420. The van der Waals surface area contributed by atoms with Crippen LogP contribution in [0.1, 0.15) is 25.7 Å². The quantitative estimate of drug-likeness (QED) is 0.0942. The van der Waals surface area contributed by atoms with Crippen LogP contribution in [-0.4, -0.2) is 51.2 Å². The molecule has 5 N–H and O–H groups in total. The van der Waals surface area contributed by atoms with Gasteiger partial charge in [0.1, 0.15) is 0 Å². The third-order valence-electron chi connectivity index (χ3n) is 3.27. The van der Waals surface area contributed by atoms with Crippen molar-refractivity contribution in [1.29, 1.82) is 0 Å². The monoisotopic (exact) mass is 478 g/mol. The molecule has 0 aromatic rings. The van der Waals surface area contributed by atoms with E-state index in [-0.39, 0.29) is 131 Å². The van der Waals surface area contributed by atoms with Crippen LogP contribution in [0.2, 0.25) is 0 Å². The zero-order chi connectivity index (χ0) is 18.5. The first kappa shape index (κ1) is 42.3. The van der Waals surface area contributed by atoms with Crippen molar-refractivity contribution in [1.82, 2.24) is 16.0 Å². The van der Waals surface area contributed by atoms with Crippen molar-refractivity contribution in [3.63, 3.8) is 0 Å². The maximum Gasteiger partial charge on any atom is 1.00 e. The summed E-state index contributed by atoms with van der Waals surface area (Å²) < 4.78 is 21.7. The van der Waals surface area contributed by atoms with Gasteiger partial charge in [0.05, 0.1) is 0 Å². The zero-order valence-corrected chi connectivity index (χ0v) is 27.6. The van der Waals surface area contributed by atoms with Crippen LogP contribution in [0, 0.1) is 0 Å². The van der Waals surface area contributed by atoms with E-state index in [2.05, 4.69) is 16.0 Å². The molecule has 146 valence electrons. The van der Waals surface area contributed by atoms with Gasteiger partial charge in [0, 0.05) is 45.1 Å². The number of unbranched alkanes of at least 4 members (excludes halogenated alkanes) is 2. The number of hydrogen-bond donors (Lipinski definition) is 4. The molecule has 0 fully saturated rings. The molecule has 0 aromatic heterocycles. The zero-order valence-electron chi connectivity index (χ0n) is 17.8. The first-order valence-electron chi connectivity index (χ1n) is 8.04. The topological polar surface area (TPSA) is 188 Å². The molecule has 10 nitrogen and oxygen atoms in total. The molecular weight excluding hydrogens is 450 g/mol. The van der Waals surface area contributed by atoms with E-state index in [0.29, 0.717) is 39.0 Å². The van der Waals surface area contributed by atoms with Gasteiger partial charge in [-0.15, -0.1) is 0 Å². The van der Waals surface area contributed by atoms with Crippen LogP contribution in [-0.2, 0) is 9.13 Å². The summed E-state index contributed by atoms with van der Waals surface area (Å²) in [5.74, 6) is -1.18. The van der Waals surface area contributed by atoms with Gasteiger partial charge in [-0.2, -0.15) is 0 Å². The fourth-order valence-electron chi connectivity index (χ4n) is 2.05. The van der Waals surface area contributed by atoms with E-state index in [1.54, 1.807) is 0 Å². The van der Waals surface area contributed by atoms with E-state index < -0.39 is 27.1 Å². The average molecular weight is 478 g/mol. The number of rotatable bonds is 16. The van der Waals surface area contributed by atoms with Crippen LogP contribution in [0.15, 0.2) is 0 Å². The van der Waals surface area contributed by atoms with Crippen LogP contribution in [0.3, 0.4) is 0 Å². The molecule has 28 heavy (non-hydrogen) atoms. The van der Waals surface area contributed by atoms with E-state index in [0.717, 1.165) is 13.1 Å². The first-order chi connectivity index (χ1) is 11.2. The van der Waals surface area contributed by atoms with Gasteiger partial charge < -0.3 is 50.4 Å². The molecule has 0 aliphatic rings. The molecule has 0 rings (SSSR count). The number of hydrogen-bond acceptors (Lipinski definition) is 10. The van der Waals surface area contributed by atoms with Crippen molar-refractivity contribution in [3.8, 4) is 0 Å². The SMILES string of the molecule is NCCNCCNCCNC(CCCCCP(=O)([O-])[O-])P(=O)([O-])[O-].[Na+].[Na+].[Na+].[Na+]. The Kier molecular flexibility index (Phi) is 38.9. The van der Waals surface area contributed by atoms with Crippen molar-refractivity contribution in [3.05, 3.63) is 0 Å². The molecule has 0 bridgehead atoms. The maximum atomic E-state index is 11.2. The minimum Gasteiger partial charge on any atom is -0.811 e. The summed E-state index contributed by atoms with van der Waals surface area (Å²) in [5.41, 5.74) is 5.32. The third-order valence-corrected chi connectivity index (χ3v) is 5.34. The summed E-state index contributed by atoms with van der Waals surface area (Å²) in [6, 6.07) is 0. The minimum absolute atomic E-state index is 0. The summed E-state index contributed by atoms with van der Waals surface area (Å²) in [7, 11) is -9.28. The summed E-state index contributed by atoms with van der Waals surface area (Å²) in [4.78, 5) is 43.4. The summed E-state index contributed by atoms with van der Waals surface area (Å²) in [6.45, 7) is 3.57. The van der Waals surface area contributed by atoms with E-state index in [1.807, 2.05) is 0 Å². The van der Waals surface area contributed by atoms with Crippen LogP contribution >= 0.6 is 15.2 Å². The Hall–Kier alpha value is 4.14. The van der Waals surface area contributed by atoms with Crippen molar-refractivity contribution >= 4 is 15.2 Å². The van der Waals surface area contributed by atoms with Crippen molar-refractivity contribution in [2.24, 2.45) is 5.73 Å². The minimum atomic E-state index is -4.77. The Labute approximate surface area is 256 Å². The van der Waals surface area contributed by atoms with Crippen molar-refractivity contribution < 1.29 is 147 Å². The van der Waals surface area contributed by atoms with E-state index in [4.69, 9.17) is 5.73 Å². The van der Waals surface area contributed by atoms with Crippen LogP contribution in [0.5, 0.6) is 0 Å². The normalized spacial score (nSPS) is 12.0. The standard InChI is InChI=1S/C12H32N4O6P2.4Na/c13-5-6-14-7-8-15-9-10-16-12(24(20,21)22)4-2-1-3-11-23(17,18)19;;;;/h12,14-16H,1-11,13H2,(H2,17,18,19)(H2,20,21,22);;;;/q;4*+1/p-4. The molecule has 0 radical (unpaired) electrons. The third kappa shape index (κ3) is 30.1. The van der Waals surface area contributed by atoms with Gasteiger partial charge in [0.25, 0.3) is 0 Å². The molecule has 0 spiro atoms. The number of nitrogens with one attached hydrogen (secondary N) is 3. The fraction of sp³-hybridized carbons (Fsp3) is 1.00. The molecule has 1 unspecified atom stereocenters. The van der Waals surface area contributed by atoms with Gasteiger partial charge in [-0.25, -0.2) is 0 Å². The molecule has 16 heteroatoms. The number of nitrogens with two attached hydrogens (primary N) is 1. The Morgan fingerprint density at radius 2 is 1.25 bits per heavy atom. The molecule has 0 saturated heterocycles. The van der Waals surface area contributed by atoms with E-state index in [9.17, 15) is 28.7 Å². The van der Waals surface area contributed by atoms with Gasteiger partial charge >= 0.3 is 118 Å². The Morgan fingerprint density at radius 3 is 1.71 bits per heavy atom. The average Bonchev–Trinajstić information content (AvgIpc) is 2.45. The van der Waals surface area contributed by atoms with Gasteiger partial charge in [0.2, 0.25) is 0 Å². The van der Waals surface area contributed by atoms with Gasteiger partial charge in [-0.05, 0) is 19.0 Å². The van der Waals surface area contributed by atoms with Crippen LogP contribution in [0.4, 0.5) is 0 Å². The second kappa shape index (κ2) is 25.8. The molecule has 0 aliphatic heterocycles. The van der Waals surface area contributed by atoms with Crippen molar-refractivity contribution in [2.75, 3.05) is 45.4 Å². The smallest absolute Gasteiger partial charge is 0.811 e. The predicted octanol–water partition coefficient (Wildman–Crippen LogP) is -15.6. The largest absolute Gasteiger partial charge is 1.00 e. The van der Waals surface area contributed by atoms with Gasteiger partial charge in [-0.1, -0.05) is 28.0 Å². The Morgan fingerprint density at radius 1 is 0.750 bits per heavy atom. The van der Waals surface area contributed by atoms with E-state index in [1.165, 1.54) is 0 Å². The van der Waals surface area contributed by atoms with Gasteiger partial charge in [-0.3, -0.25) is 0 Å². The molecule has 0 saturated carbocycles. The first-order valence-corrected chi connectivity index (χ1v) is 11.4. The second-order valence-corrected chi connectivity index (χ2v) is 8.85. The summed E-state index contributed by atoms with van der Waals surface area (Å²) in [5, 5.41) is 8.88. The molecule has 0 amide bonds. The summed E-state index contributed by atoms with van der Waals surface area (Å²) in [6.07, 6.45) is 0.584. The molecule has 0 heterocycles. The van der Waals surface area contributed by atoms with Crippen LogP contribution in [0.25, 0.3) is 0 Å². The maximum absolute atomic E-state index is 11.2. The molecular formula is C12H28N4Na4O6P2. The van der Waals surface area contributed by atoms with Gasteiger partial charge in [0.15, 0.2) is 0 Å². The van der Waals surface area contributed by atoms with E-state index >= 15 is 0 Å². The summed E-state index contributed by atoms with van der Waals surface area (Å²) >= 11 is 0.